The lowest BCUT2D eigenvalue weighted by atomic mass is 10.2. The monoisotopic (exact) mass is 427 g/mol. The van der Waals surface area contributed by atoms with E-state index in [1.165, 1.54) is 18.5 Å². The van der Waals surface area contributed by atoms with Gasteiger partial charge in [0.25, 0.3) is 10.0 Å². The molecule has 0 amide bonds. The molecule has 0 spiro atoms. The van der Waals surface area contributed by atoms with E-state index in [2.05, 4.69) is 0 Å². The minimum absolute atomic E-state index is 0.115. The Morgan fingerprint density at radius 3 is 2.00 bits per heavy atom. The van der Waals surface area contributed by atoms with Crippen molar-refractivity contribution in [3.63, 3.8) is 0 Å². The van der Waals surface area contributed by atoms with Crippen LogP contribution in [0.2, 0.25) is 0 Å². The molecule has 6 nitrogen and oxygen atoms in total. The van der Waals surface area contributed by atoms with Crippen LogP contribution in [0.3, 0.4) is 0 Å². The van der Waals surface area contributed by atoms with Crippen LogP contribution in [0.15, 0.2) is 71.6 Å². The molecule has 30 heavy (non-hydrogen) atoms. The highest BCUT2D eigenvalue weighted by molar-refractivity contribution is 7.92. The van der Waals surface area contributed by atoms with Crippen molar-refractivity contribution in [1.82, 2.24) is 0 Å². The summed E-state index contributed by atoms with van der Waals surface area (Å²) in [7, 11) is 0.763. The second-order valence-electron chi connectivity index (χ2n) is 6.70. The van der Waals surface area contributed by atoms with Gasteiger partial charge in [0.2, 0.25) is 0 Å². The second kappa shape index (κ2) is 9.09. The van der Waals surface area contributed by atoms with E-state index >= 15 is 0 Å². The minimum atomic E-state index is -3.87. The van der Waals surface area contributed by atoms with Crippen LogP contribution in [0.4, 0.5) is 5.69 Å². The molecule has 0 aliphatic rings. The van der Waals surface area contributed by atoms with Gasteiger partial charge in [0.05, 0.1) is 38.5 Å². The Hall–Kier alpha value is -3.19. The number of nitrogens with zero attached hydrogens (tertiary/aromatic N) is 1. The van der Waals surface area contributed by atoms with Crippen LogP contribution in [0, 0.1) is 6.92 Å². The Morgan fingerprint density at radius 1 is 0.767 bits per heavy atom. The van der Waals surface area contributed by atoms with E-state index in [4.69, 9.17) is 14.2 Å². The molecular formula is C23H25NO5S. The van der Waals surface area contributed by atoms with E-state index in [9.17, 15) is 8.42 Å². The maximum absolute atomic E-state index is 13.7. The molecule has 0 saturated heterocycles. The van der Waals surface area contributed by atoms with Gasteiger partial charge in [0, 0.05) is 18.2 Å². The minimum Gasteiger partial charge on any atom is -0.497 e. The summed E-state index contributed by atoms with van der Waals surface area (Å²) in [6, 6.07) is 19.3. The first-order chi connectivity index (χ1) is 14.4. The molecule has 7 heteroatoms. The van der Waals surface area contributed by atoms with Crippen LogP contribution in [-0.2, 0) is 16.6 Å². The fourth-order valence-electron chi connectivity index (χ4n) is 3.15. The lowest BCUT2D eigenvalue weighted by molar-refractivity contribution is 0.394. The highest BCUT2D eigenvalue weighted by Crippen LogP contribution is 2.34. The molecule has 0 heterocycles. The molecule has 0 unspecified atom stereocenters. The highest BCUT2D eigenvalue weighted by atomic mass is 32.2. The fourth-order valence-corrected chi connectivity index (χ4v) is 4.82. The molecule has 0 bridgehead atoms. The Bertz CT molecular complexity index is 1110. The zero-order valence-corrected chi connectivity index (χ0v) is 18.3. The van der Waals surface area contributed by atoms with E-state index in [-0.39, 0.29) is 11.4 Å². The van der Waals surface area contributed by atoms with Gasteiger partial charge in [-0.1, -0.05) is 30.3 Å². The molecule has 0 N–H and O–H groups in total. The summed E-state index contributed by atoms with van der Waals surface area (Å²) in [5.74, 6) is 1.66. The van der Waals surface area contributed by atoms with Crippen LogP contribution >= 0.6 is 0 Å². The lowest BCUT2D eigenvalue weighted by Crippen LogP contribution is -2.31. The average Bonchev–Trinajstić information content (AvgIpc) is 2.77. The van der Waals surface area contributed by atoms with Crippen molar-refractivity contribution < 1.29 is 22.6 Å². The van der Waals surface area contributed by atoms with Crippen molar-refractivity contribution in [3.05, 3.63) is 77.9 Å². The summed E-state index contributed by atoms with van der Waals surface area (Å²) >= 11 is 0. The number of anilines is 1. The van der Waals surface area contributed by atoms with Gasteiger partial charge in [-0.3, -0.25) is 4.31 Å². The molecule has 3 rings (SSSR count). The van der Waals surface area contributed by atoms with Crippen LogP contribution in [0.5, 0.6) is 17.2 Å². The van der Waals surface area contributed by atoms with E-state index < -0.39 is 10.0 Å². The summed E-state index contributed by atoms with van der Waals surface area (Å²) in [6.45, 7) is 1.90. The summed E-state index contributed by atoms with van der Waals surface area (Å²) < 4.78 is 44.8. The fraction of sp³-hybridized carbons (Fsp3) is 0.217. The number of sulfonamides is 1. The molecule has 3 aromatic carbocycles. The van der Waals surface area contributed by atoms with E-state index in [0.717, 1.165) is 5.56 Å². The third-order valence-corrected chi connectivity index (χ3v) is 6.68. The first-order valence-corrected chi connectivity index (χ1v) is 10.8. The Kier molecular flexibility index (Phi) is 6.52. The van der Waals surface area contributed by atoms with Crippen LogP contribution < -0.4 is 18.5 Å². The molecule has 0 aliphatic carbocycles. The first kappa shape index (κ1) is 21.5. The number of rotatable bonds is 8. The largest absolute Gasteiger partial charge is 0.497 e. The van der Waals surface area contributed by atoms with Crippen molar-refractivity contribution in [2.75, 3.05) is 25.6 Å². The van der Waals surface area contributed by atoms with Gasteiger partial charge in [-0.05, 0) is 36.2 Å². The summed E-state index contributed by atoms with van der Waals surface area (Å²) in [5, 5.41) is 0. The van der Waals surface area contributed by atoms with Gasteiger partial charge in [0.1, 0.15) is 17.2 Å². The van der Waals surface area contributed by atoms with Crippen molar-refractivity contribution in [2.45, 2.75) is 18.4 Å². The number of ether oxygens (including phenoxy) is 3. The molecule has 158 valence electrons. The topological polar surface area (TPSA) is 65.1 Å². The highest BCUT2D eigenvalue weighted by Gasteiger charge is 2.27. The zero-order valence-electron chi connectivity index (χ0n) is 17.5. The molecular weight excluding hydrogens is 402 g/mol. The van der Waals surface area contributed by atoms with Crippen LogP contribution in [-0.4, -0.2) is 29.7 Å². The number of benzene rings is 3. The number of hydrogen-bond donors (Lipinski definition) is 0. The molecule has 0 aliphatic heterocycles. The summed E-state index contributed by atoms with van der Waals surface area (Å²) in [6.07, 6.45) is 0. The quantitative estimate of drug-likeness (QED) is 0.533. The van der Waals surface area contributed by atoms with Gasteiger partial charge in [-0.2, -0.15) is 0 Å². The third kappa shape index (κ3) is 4.52. The Labute approximate surface area is 177 Å². The van der Waals surface area contributed by atoms with Crippen LogP contribution in [0.1, 0.15) is 11.1 Å². The average molecular weight is 428 g/mol. The van der Waals surface area contributed by atoms with Crippen molar-refractivity contribution in [2.24, 2.45) is 0 Å². The molecule has 0 aromatic heterocycles. The first-order valence-electron chi connectivity index (χ1n) is 9.33. The second-order valence-corrected chi connectivity index (χ2v) is 8.53. The summed E-state index contributed by atoms with van der Waals surface area (Å²) in [5.41, 5.74) is 1.90. The van der Waals surface area contributed by atoms with Gasteiger partial charge < -0.3 is 14.2 Å². The Morgan fingerprint density at radius 2 is 1.40 bits per heavy atom. The van der Waals surface area contributed by atoms with Crippen molar-refractivity contribution >= 4 is 15.7 Å². The third-order valence-electron chi connectivity index (χ3n) is 4.75. The summed E-state index contributed by atoms with van der Waals surface area (Å²) in [4.78, 5) is 0.245. The smallest absolute Gasteiger partial charge is 0.264 e. The molecule has 0 saturated carbocycles. The predicted octanol–water partition coefficient (Wildman–Crippen LogP) is 4.42. The molecule has 3 aromatic rings. The molecule has 0 atom stereocenters. The number of hydrogen-bond acceptors (Lipinski definition) is 5. The SMILES string of the molecule is COc1cccc(CN(c2cc(OC)cc(OC)c2)S(=O)(=O)c2ccccc2C)c1. The van der Waals surface area contributed by atoms with Gasteiger partial charge >= 0.3 is 0 Å². The van der Waals surface area contributed by atoms with Crippen LogP contribution in [0.25, 0.3) is 0 Å². The van der Waals surface area contributed by atoms with Gasteiger partial charge in [-0.15, -0.1) is 0 Å². The number of methoxy groups -OCH3 is 3. The maximum atomic E-state index is 13.7. The van der Waals surface area contributed by atoms with E-state index in [0.29, 0.717) is 28.5 Å². The predicted molar refractivity (Wildman–Crippen MR) is 117 cm³/mol. The normalized spacial score (nSPS) is 11.1. The standard InChI is InChI=1S/C23H25NO5S/c1-17-8-5-6-11-23(17)30(25,26)24(16-18-9-7-10-20(12-18)27-2)19-13-21(28-3)15-22(14-19)29-4/h5-15H,16H2,1-4H3. The van der Waals surface area contributed by atoms with Gasteiger partial charge in [-0.25, -0.2) is 8.42 Å². The lowest BCUT2D eigenvalue weighted by Gasteiger charge is -2.26. The van der Waals surface area contributed by atoms with E-state index in [1.807, 2.05) is 30.3 Å². The Balaban J connectivity index is 2.17. The van der Waals surface area contributed by atoms with Crippen molar-refractivity contribution in [3.8, 4) is 17.2 Å². The molecule has 0 radical (unpaired) electrons. The maximum Gasteiger partial charge on any atom is 0.264 e. The number of aryl methyl sites for hydroxylation is 1. The van der Waals surface area contributed by atoms with E-state index in [1.54, 1.807) is 50.4 Å². The van der Waals surface area contributed by atoms with Gasteiger partial charge in [0.15, 0.2) is 0 Å². The molecule has 0 fully saturated rings. The van der Waals surface area contributed by atoms with Crippen molar-refractivity contribution in [1.29, 1.82) is 0 Å². The zero-order chi connectivity index (χ0) is 21.7.